The van der Waals surface area contributed by atoms with Crippen LogP contribution >= 0.6 is 11.6 Å². The Labute approximate surface area is 87.8 Å². The molecule has 5 nitrogen and oxygen atoms in total. The van der Waals surface area contributed by atoms with E-state index in [2.05, 4.69) is 15.5 Å². The van der Waals surface area contributed by atoms with Crippen LogP contribution in [0.5, 0.6) is 0 Å². The van der Waals surface area contributed by atoms with E-state index in [0.717, 1.165) is 26.2 Å². The lowest BCUT2D eigenvalue weighted by Gasteiger charge is -2.00. The van der Waals surface area contributed by atoms with Gasteiger partial charge in [-0.2, -0.15) is 0 Å². The number of anilines is 1. The van der Waals surface area contributed by atoms with Crippen molar-refractivity contribution in [2.75, 3.05) is 25.1 Å². The van der Waals surface area contributed by atoms with Crippen molar-refractivity contribution in [2.45, 2.75) is 19.2 Å². The zero-order chi connectivity index (χ0) is 10.2. The SMILES string of the molecule is CCOCCCNc1nnc(CCl)o1. The molecule has 0 saturated heterocycles. The summed E-state index contributed by atoms with van der Waals surface area (Å²) < 4.78 is 10.3. The van der Waals surface area contributed by atoms with Crippen molar-refractivity contribution in [3.63, 3.8) is 0 Å². The van der Waals surface area contributed by atoms with Gasteiger partial charge in [0, 0.05) is 19.8 Å². The molecule has 0 radical (unpaired) electrons. The summed E-state index contributed by atoms with van der Waals surface area (Å²) in [6.45, 7) is 4.21. The van der Waals surface area contributed by atoms with E-state index in [-0.39, 0.29) is 5.88 Å². The fourth-order valence-corrected chi connectivity index (χ4v) is 1.00. The van der Waals surface area contributed by atoms with Crippen molar-refractivity contribution in [1.82, 2.24) is 10.2 Å². The summed E-state index contributed by atoms with van der Waals surface area (Å²) in [5.74, 6) is 0.673. The number of nitrogens with one attached hydrogen (secondary N) is 1. The van der Waals surface area contributed by atoms with Crippen molar-refractivity contribution in [3.05, 3.63) is 5.89 Å². The third-order valence-corrected chi connectivity index (χ3v) is 1.76. The number of nitrogens with zero attached hydrogens (tertiary/aromatic N) is 2. The van der Waals surface area contributed by atoms with Gasteiger partial charge in [-0.15, -0.1) is 16.7 Å². The summed E-state index contributed by atoms with van der Waals surface area (Å²) >= 11 is 5.50. The van der Waals surface area contributed by atoms with Crippen LogP contribution in [-0.4, -0.2) is 30.0 Å². The summed E-state index contributed by atoms with van der Waals surface area (Å²) in [6.07, 6.45) is 0.909. The molecule has 6 heteroatoms. The minimum absolute atomic E-state index is 0.244. The molecule has 0 saturated carbocycles. The average molecular weight is 220 g/mol. The zero-order valence-corrected chi connectivity index (χ0v) is 8.88. The lowest BCUT2D eigenvalue weighted by molar-refractivity contribution is 0.147. The lowest BCUT2D eigenvalue weighted by atomic mass is 10.4. The Morgan fingerprint density at radius 2 is 2.36 bits per heavy atom. The van der Waals surface area contributed by atoms with Crippen LogP contribution in [0.15, 0.2) is 4.42 Å². The maximum absolute atomic E-state index is 5.50. The van der Waals surface area contributed by atoms with Gasteiger partial charge in [-0.25, -0.2) is 0 Å². The Morgan fingerprint density at radius 1 is 1.50 bits per heavy atom. The van der Waals surface area contributed by atoms with Gasteiger partial charge < -0.3 is 14.5 Å². The first-order chi connectivity index (χ1) is 6.86. The van der Waals surface area contributed by atoms with Gasteiger partial charge in [0.15, 0.2) is 0 Å². The first-order valence-electron chi connectivity index (χ1n) is 4.56. The summed E-state index contributed by atoms with van der Waals surface area (Å²) in [4.78, 5) is 0. The van der Waals surface area contributed by atoms with Gasteiger partial charge in [-0.05, 0) is 13.3 Å². The van der Waals surface area contributed by atoms with Gasteiger partial charge in [0.1, 0.15) is 5.88 Å². The summed E-state index contributed by atoms with van der Waals surface area (Å²) in [6, 6.07) is 0.414. The fourth-order valence-electron chi connectivity index (χ4n) is 0.893. The highest BCUT2D eigenvalue weighted by molar-refractivity contribution is 6.16. The van der Waals surface area contributed by atoms with Crippen LogP contribution in [0, 0.1) is 0 Å². The van der Waals surface area contributed by atoms with E-state index in [1.165, 1.54) is 0 Å². The molecule has 0 spiro atoms. The first-order valence-corrected chi connectivity index (χ1v) is 5.10. The molecule has 0 aliphatic rings. The smallest absolute Gasteiger partial charge is 0.315 e. The van der Waals surface area contributed by atoms with Crippen molar-refractivity contribution in [1.29, 1.82) is 0 Å². The second-order valence-corrected chi connectivity index (χ2v) is 2.88. The molecule has 0 amide bonds. The van der Waals surface area contributed by atoms with Crippen LogP contribution in [0.1, 0.15) is 19.2 Å². The Kier molecular flexibility index (Phi) is 5.32. The van der Waals surface area contributed by atoms with Crippen LogP contribution in [0.2, 0.25) is 0 Å². The van der Waals surface area contributed by atoms with Gasteiger partial charge in [0.25, 0.3) is 0 Å². The molecule has 0 aliphatic heterocycles. The monoisotopic (exact) mass is 219 g/mol. The Bertz CT molecular complexity index is 254. The van der Waals surface area contributed by atoms with Crippen molar-refractivity contribution in [2.24, 2.45) is 0 Å². The molecule has 1 aromatic rings. The lowest BCUT2D eigenvalue weighted by Crippen LogP contribution is -2.05. The number of halogens is 1. The zero-order valence-electron chi connectivity index (χ0n) is 8.12. The highest BCUT2D eigenvalue weighted by Gasteiger charge is 2.02. The van der Waals surface area contributed by atoms with E-state index in [1.54, 1.807) is 0 Å². The number of hydrogen-bond acceptors (Lipinski definition) is 5. The molecule has 1 N–H and O–H groups in total. The van der Waals surface area contributed by atoms with Crippen molar-refractivity contribution in [3.8, 4) is 0 Å². The number of ether oxygens (including phenoxy) is 1. The molecule has 1 aromatic heterocycles. The topological polar surface area (TPSA) is 60.2 Å². The molecule has 0 atom stereocenters. The number of rotatable bonds is 7. The molecule has 0 aromatic carbocycles. The maximum atomic E-state index is 5.50. The summed E-state index contributed by atoms with van der Waals surface area (Å²) in [7, 11) is 0. The minimum atomic E-state index is 0.244. The van der Waals surface area contributed by atoms with Crippen LogP contribution in [0.4, 0.5) is 6.01 Å². The van der Waals surface area contributed by atoms with E-state index in [4.69, 9.17) is 20.8 Å². The number of alkyl halides is 1. The average Bonchev–Trinajstić information content (AvgIpc) is 2.65. The van der Waals surface area contributed by atoms with E-state index >= 15 is 0 Å². The normalized spacial score (nSPS) is 10.4. The molecule has 0 fully saturated rings. The Hall–Kier alpha value is -0.810. The molecule has 1 heterocycles. The predicted octanol–water partition coefficient (Wildman–Crippen LogP) is 1.65. The van der Waals surface area contributed by atoms with Crippen molar-refractivity contribution < 1.29 is 9.15 Å². The van der Waals surface area contributed by atoms with E-state index in [1.807, 2.05) is 6.92 Å². The quantitative estimate of drug-likeness (QED) is 0.558. The van der Waals surface area contributed by atoms with E-state index < -0.39 is 0 Å². The van der Waals surface area contributed by atoms with Crippen LogP contribution in [-0.2, 0) is 10.6 Å². The predicted molar refractivity (Wildman–Crippen MR) is 53.5 cm³/mol. The van der Waals surface area contributed by atoms with E-state index in [0.29, 0.717) is 11.9 Å². The van der Waals surface area contributed by atoms with Gasteiger partial charge in [0.2, 0.25) is 5.89 Å². The Morgan fingerprint density at radius 3 is 3.00 bits per heavy atom. The first kappa shape index (κ1) is 11.3. The van der Waals surface area contributed by atoms with Gasteiger partial charge in [0.05, 0.1) is 0 Å². The van der Waals surface area contributed by atoms with Gasteiger partial charge in [-0.3, -0.25) is 0 Å². The molecule has 14 heavy (non-hydrogen) atoms. The third-order valence-electron chi connectivity index (χ3n) is 1.53. The highest BCUT2D eigenvalue weighted by atomic mass is 35.5. The minimum Gasteiger partial charge on any atom is -0.407 e. The van der Waals surface area contributed by atoms with Crippen LogP contribution < -0.4 is 5.32 Å². The molecular weight excluding hydrogens is 206 g/mol. The second-order valence-electron chi connectivity index (χ2n) is 2.61. The molecule has 0 unspecified atom stereocenters. The van der Waals surface area contributed by atoms with Crippen molar-refractivity contribution >= 4 is 17.6 Å². The molecule has 0 bridgehead atoms. The summed E-state index contributed by atoms with van der Waals surface area (Å²) in [5.41, 5.74) is 0. The third kappa shape index (κ3) is 3.93. The Balaban J connectivity index is 2.12. The van der Waals surface area contributed by atoms with Crippen LogP contribution in [0.3, 0.4) is 0 Å². The van der Waals surface area contributed by atoms with Gasteiger partial charge in [-0.1, -0.05) is 5.10 Å². The van der Waals surface area contributed by atoms with E-state index in [9.17, 15) is 0 Å². The maximum Gasteiger partial charge on any atom is 0.315 e. The molecule has 80 valence electrons. The van der Waals surface area contributed by atoms with Crippen LogP contribution in [0.25, 0.3) is 0 Å². The number of hydrogen-bond donors (Lipinski definition) is 1. The second kappa shape index (κ2) is 6.62. The fraction of sp³-hybridized carbons (Fsp3) is 0.750. The molecular formula is C8H14ClN3O2. The standard InChI is InChI=1S/C8H14ClN3O2/c1-2-13-5-3-4-10-8-12-11-7(6-9)14-8/h2-6H2,1H3,(H,10,12). The molecule has 0 aliphatic carbocycles. The highest BCUT2D eigenvalue weighted by Crippen LogP contribution is 2.06. The molecule has 1 rings (SSSR count). The van der Waals surface area contributed by atoms with Gasteiger partial charge >= 0.3 is 6.01 Å². The number of aromatic nitrogens is 2. The largest absolute Gasteiger partial charge is 0.407 e. The summed E-state index contributed by atoms with van der Waals surface area (Å²) in [5, 5.41) is 10.4.